The van der Waals surface area contributed by atoms with E-state index in [1.807, 2.05) is 0 Å². The highest BCUT2D eigenvalue weighted by Crippen LogP contribution is 2.25. The molecule has 2 aromatic carbocycles. The van der Waals surface area contributed by atoms with Crippen LogP contribution in [0.2, 0.25) is 0 Å². The van der Waals surface area contributed by atoms with Gasteiger partial charge in [0.25, 0.3) is 0 Å². The van der Waals surface area contributed by atoms with Crippen LogP contribution in [0.15, 0.2) is 60.2 Å². The minimum Gasteiger partial charge on any atom is -0.0766 e. The Hall–Kier alpha value is -2.08. The first-order valence-corrected chi connectivity index (χ1v) is 7.24. The summed E-state index contributed by atoms with van der Waals surface area (Å²) >= 11 is 0. The lowest BCUT2D eigenvalue weighted by atomic mass is 10.1. The second kappa shape index (κ2) is 5.50. The van der Waals surface area contributed by atoms with Crippen LogP contribution < -0.4 is 0 Å². The highest BCUT2D eigenvalue weighted by Gasteiger charge is 2.07. The Morgan fingerprint density at radius 1 is 0.800 bits per heavy atom. The summed E-state index contributed by atoms with van der Waals surface area (Å²) in [6, 6.07) is 17.1. The molecule has 20 heavy (non-hydrogen) atoms. The Balaban J connectivity index is 0.000000121. The van der Waals surface area contributed by atoms with E-state index in [-0.39, 0.29) is 0 Å². The first-order chi connectivity index (χ1) is 9.74. The zero-order valence-corrected chi connectivity index (χ0v) is 12.2. The molecule has 0 aliphatic heterocycles. The van der Waals surface area contributed by atoms with Crippen molar-refractivity contribution >= 4 is 11.6 Å². The highest BCUT2D eigenvalue weighted by atomic mass is 14.1. The average molecular weight is 260 g/mol. The fraction of sp³-hybridized carbons (Fsp3) is 0.200. The molecule has 2 aliphatic carbocycles. The van der Waals surface area contributed by atoms with Gasteiger partial charge in [0.05, 0.1) is 0 Å². The minimum atomic E-state index is 1.13. The van der Waals surface area contributed by atoms with Crippen molar-refractivity contribution in [2.45, 2.75) is 26.7 Å². The van der Waals surface area contributed by atoms with E-state index in [9.17, 15) is 0 Å². The summed E-state index contributed by atoms with van der Waals surface area (Å²) in [5.74, 6) is 0. The molecule has 0 nitrogen and oxygen atoms in total. The molecule has 2 aliphatic rings. The molecule has 0 heterocycles. The Kier molecular flexibility index (Phi) is 3.56. The van der Waals surface area contributed by atoms with Crippen molar-refractivity contribution in [3.63, 3.8) is 0 Å². The maximum Gasteiger partial charge on any atom is -0.00606 e. The molecule has 0 saturated heterocycles. The Morgan fingerprint density at radius 3 is 2.25 bits per heavy atom. The summed E-state index contributed by atoms with van der Waals surface area (Å²) < 4.78 is 0. The number of hydrogen-bond donors (Lipinski definition) is 0. The van der Waals surface area contributed by atoms with Crippen LogP contribution in [0.5, 0.6) is 0 Å². The number of allylic oxidation sites excluding steroid dienone is 3. The van der Waals surface area contributed by atoms with Crippen molar-refractivity contribution in [1.82, 2.24) is 0 Å². The quantitative estimate of drug-likeness (QED) is 0.603. The van der Waals surface area contributed by atoms with Gasteiger partial charge in [0.1, 0.15) is 0 Å². The van der Waals surface area contributed by atoms with Gasteiger partial charge in [-0.1, -0.05) is 66.3 Å². The normalized spacial score (nSPS) is 14.7. The topological polar surface area (TPSA) is 0 Å². The van der Waals surface area contributed by atoms with Crippen molar-refractivity contribution in [3.05, 3.63) is 82.4 Å². The first kappa shape index (κ1) is 12.9. The lowest BCUT2D eigenvalue weighted by Gasteiger charge is -1.97. The van der Waals surface area contributed by atoms with Crippen LogP contribution in [0.25, 0.3) is 11.6 Å². The Labute approximate surface area is 121 Å². The maximum atomic E-state index is 2.28. The fourth-order valence-electron chi connectivity index (χ4n) is 2.91. The number of benzene rings is 2. The standard InChI is InChI=1S/2C10H10/c1-8-6-9-4-2-3-5-10(9)7-8;1-8-6-7-9-4-2-3-5-10(8)9/h2*2-6H,7H2,1H3. The molecule has 0 spiro atoms. The van der Waals surface area contributed by atoms with E-state index in [1.54, 1.807) is 0 Å². The van der Waals surface area contributed by atoms with Gasteiger partial charge in [-0.2, -0.15) is 0 Å². The maximum absolute atomic E-state index is 2.28. The minimum absolute atomic E-state index is 1.13. The first-order valence-electron chi connectivity index (χ1n) is 7.24. The lowest BCUT2D eigenvalue weighted by Crippen LogP contribution is -1.79. The molecule has 0 fully saturated rings. The van der Waals surface area contributed by atoms with Crippen molar-refractivity contribution in [2.24, 2.45) is 0 Å². The van der Waals surface area contributed by atoms with E-state index < -0.39 is 0 Å². The molecular weight excluding hydrogens is 240 g/mol. The van der Waals surface area contributed by atoms with E-state index in [2.05, 4.69) is 74.5 Å². The SMILES string of the molecule is CC1=CCc2ccccc21.CC1=Cc2ccccc2C1. The summed E-state index contributed by atoms with van der Waals surface area (Å²) in [5, 5.41) is 0. The Morgan fingerprint density at radius 2 is 1.50 bits per heavy atom. The molecule has 0 radical (unpaired) electrons. The van der Waals surface area contributed by atoms with Crippen LogP contribution in [0, 0.1) is 0 Å². The largest absolute Gasteiger partial charge is 0.0766 e. The molecular formula is C20H20. The van der Waals surface area contributed by atoms with Gasteiger partial charge in [0.2, 0.25) is 0 Å². The van der Waals surface area contributed by atoms with Crippen LogP contribution in [-0.4, -0.2) is 0 Å². The van der Waals surface area contributed by atoms with Crippen LogP contribution in [0.1, 0.15) is 36.1 Å². The summed E-state index contributed by atoms with van der Waals surface area (Å²) in [7, 11) is 0. The van der Waals surface area contributed by atoms with E-state index in [1.165, 1.54) is 33.4 Å². The predicted molar refractivity (Wildman–Crippen MR) is 87.6 cm³/mol. The third-order valence-corrected chi connectivity index (χ3v) is 4.00. The van der Waals surface area contributed by atoms with E-state index in [4.69, 9.17) is 0 Å². The zero-order chi connectivity index (χ0) is 13.9. The number of hydrogen-bond acceptors (Lipinski definition) is 0. The molecule has 0 amide bonds. The number of fused-ring (bicyclic) bond motifs is 2. The van der Waals surface area contributed by atoms with Crippen molar-refractivity contribution in [2.75, 3.05) is 0 Å². The molecule has 4 rings (SSSR count). The molecule has 0 aromatic heterocycles. The fourth-order valence-corrected chi connectivity index (χ4v) is 2.91. The monoisotopic (exact) mass is 260 g/mol. The number of rotatable bonds is 0. The third-order valence-electron chi connectivity index (χ3n) is 4.00. The van der Waals surface area contributed by atoms with Gasteiger partial charge in [-0.15, -0.1) is 0 Å². The summed E-state index contributed by atoms with van der Waals surface area (Å²) in [4.78, 5) is 0. The van der Waals surface area contributed by atoms with Gasteiger partial charge in [-0.05, 0) is 54.5 Å². The lowest BCUT2D eigenvalue weighted by molar-refractivity contribution is 1.20. The molecule has 2 aromatic rings. The van der Waals surface area contributed by atoms with Gasteiger partial charge in [-0.25, -0.2) is 0 Å². The van der Waals surface area contributed by atoms with Gasteiger partial charge in [0, 0.05) is 0 Å². The van der Waals surface area contributed by atoms with Gasteiger partial charge < -0.3 is 0 Å². The molecule has 0 heteroatoms. The van der Waals surface area contributed by atoms with Crippen molar-refractivity contribution in [1.29, 1.82) is 0 Å². The second-order valence-corrected chi connectivity index (χ2v) is 5.61. The molecule has 0 unspecified atom stereocenters. The van der Waals surface area contributed by atoms with Gasteiger partial charge in [0.15, 0.2) is 0 Å². The van der Waals surface area contributed by atoms with E-state index in [0.717, 1.165) is 12.8 Å². The molecule has 100 valence electrons. The van der Waals surface area contributed by atoms with Crippen LogP contribution in [0.4, 0.5) is 0 Å². The van der Waals surface area contributed by atoms with E-state index >= 15 is 0 Å². The summed E-state index contributed by atoms with van der Waals surface area (Å²) in [6.07, 6.45) is 6.82. The van der Waals surface area contributed by atoms with Crippen molar-refractivity contribution in [3.8, 4) is 0 Å². The molecule has 0 bridgehead atoms. The second-order valence-electron chi connectivity index (χ2n) is 5.61. The van der Waals surface area contributed by atoms with Crippen LogP contribution in [-0.2, 0) is 12.8 Å². The third kappa shape index (κ3) is 2.60. The van der Waals surface area contributed by atoms with Crippen LogP contribution in [0.3, 0.4) is 0 Å². The van der Waals surface area contributed by atoms with Crippen LogP contribution >= 0.6 is 0 Å². The zero-order valence-electron chi connectivity index (χ0n) is 12.2. The summed E-state index contributed by atoms with van der Waals surface area (Å²) in [5.41, 5.74) is 8.68. The van der Waals surface area contributed by atoms with Gasteiger partial charge >= 0.3 is 0 Å². The van der Waals surface area contributed by atoms with Crippen molar-refractivity contribution < 1.29 is 0 Å². The smallest absolute Gasteiger partial charge is 0.00606 e. The highest BCUT2D eigenvalue weighted by molar-refractivity contribution is 5.71. The predicted octanol–water partition coefficient (Wildman–Crippen LogP) is 5.29. The van der Waals surface area contributed by atoms with E-state index in [0.29, 0.717) is 0 Å². The average Bonchev–Trinajstić information content (AvgIpc) is 3.02. The molecule has 0 atom stereocenters. The van der Waals surface area contributed by atoms with Gasteiger partial charge in [-0.3, -0.25) is 0 Å². The summed E-state index contributed by atoms with van der Waals surface area (Å²) in [6.45, 7) is 4.35. The Bertz CT molecular complexity index is 687. The molecule has 0 N–H and O–H groups in total. The molecule has 0 saturated carbocycles.